The van der Waals surface area contributed by atoms with Gasteiger partial charge in [-0.25, -0.2) is 9.48 Å². The fourth-order valence-electron chi connectivity index (χ4n) is 4.51. The summed E-state index contributed by atoms with van der Waals surface area (Å²) in [6, 6.07) is 13.2. The van der Waals surface area contributed by atoms with Gasteiger partial charge in [-0.3, -0.25) is 9.78 Å². The fourth-order valence-corrected chi connectivity index (χ4v) is 4.51. The van der Waals surface area contributed by atoms with Gasteiger partial charge in [0.15, 0.2) is 5.82 Å². The number of pyridine rings is 1. The van der Waals surface area contributed by atoms with E-state index in [0.29, 0.717) is 35.0 Å². The van der Waals surface area contributed by atoms with Gasteiger partial charge in [-0.05, 0) is 68.7 Å². The monoisotopic (exact) mass is 496 g/mol. The summed E-state index contributed by atoms with van der Waals surface area (Å²) in [5, 5.41) is 11.0. The number of methoxy groups -OCH3 is 1. The molecule has 1 aliphatic rings. The third-order valence-electron chi connectivity index (χ3n) is 6.58. The highest BCUT2D eigenvalue weighted by molar-refractivity contribution is 6.00. The molecule has 1 amide bonds. The maximum Gasteiger partial charge on any atom is 0.338 e. The van der Waals surface area contributed by atoms with E-state index in [1.54, 1.807) is 16.9 Å². The van der Waals surface area contributed by atoms with Crippen LogP contribution < -0.4 is 10.6 Å². The zero-order valence-electron chi connectivity index (χ0n) is 21.4. The average Bonchev–Trinajstić information content (AvgIpc) is 3.43. The van der Waals surface area contributed by atoms with E-state index < -0.39 is 5.97 Å². The van der Waals surface area contributed by atoms with Crippen LogP contribution in [0.3, 0.4) is 0 Å². The molecular weight excluding hydrogens is 468 g/mol. The molecule has 9 heteroatoms. The minimum absolute atomic E-state index is 0.0533. The Morgan fingerprint density at radius 1 is 1.11 bits per heavy atom. The van der Waals surface area contributed by atoms with Crippen LogP contribution in [-0.2, 0) is 11.3 Å². The summed E-state index contributed by atoms with van der Waals surface area (Å²) in [4.78, 5) is 34.0. The summed E-state index contributed by atoms with van der Waals surface area (Å²) in [5.74, 6) is 0.545. The highest BCUT2D eigenvalue weighted by Gasteiger charge is 2.27. The maximum atomic E-state index is 12.7. The Morgan fingerprint density at radius 3 is 2.59 bits per heavy atom. The van der Waals surface area contributed by atoms with Crippen LogP contribution in [0.5, 0.6) is 0 Å². The molecule has 2 N–H and O–H groups in total. The third kappa shape index (κ3) is 4.44. The standard InChI is InChI=1S/C28H28N6O3/c1-6-34-28(31-24-13-21-17(4)30-26(35)22(21)11-15(24)2)32-25(33-34)18-9-10-20(23(12-18)27(36)37-5)19-8-7-16(3)29-14-19/h7-14,17H,6H2,1-5H3,(H,30,35)(H,31,32,33). The van der Waals surface area contributed by atoms with Crippen LogP contribution in [-0.4, -0.2) is 38.7 Å². The first-order valence-corrected chi connectivity index (χ1v) is 12.1. The highest BCUT2D eigenvalue weighted by atomic mass is 16.5. The smallest absolute Gasteiger partial charge is 0.338 e. The van der Waals surface area contributed by atoms with Gasteiger partial charge in [-0.15, -0.1) is 5.10 Å². The van der Waals surface area contributed by atoms with E-state index in [9.17, 15) is 9.59 Å². The number of rotatable bonds is 6. The summed E-state index contributed by atoms with van der Waals surface area (Å²) in [5.41, 5.74) is 6.97. The largest absolute Gasteiger partial charge is 0.465 e. The first-order chi connectivity index (χ1) is 17.8. The maximum absolute atomic E-state index is 12.7. The van der Waals surface area contributed by atoms with Crippen molar-refractivity contribution in [1.29, 1.82) is 0 Å². The summed E-state index contributed by atoms with van der Waals surface area (Å²) in [7, 11) is 1.36. The Labute approximate surface area is 214 Å². The second-order valence-corrected chi connectivity index (χ2v) is 9.09. The number of ether oxygens (including phenoxy) is 1. The molecule has 4 aromatic rings. The summed E-state index contributed by atoms with van der Waals surface area (Å²) >= 11 is 0. The molecule has 1 atom stereocenters. The molecule has 188 valence electrons. The number of amides is 1. The number of benzene rings is 2. The van der Waals surface area contributed by atoms with Gasteiger partial charge in [0.05, 0.1) is 18.7 Å². The van der Waals surface area contributed by atoms with Crippen LogP contribution in [0.25, 0.3) is 22.5 Å². The van der Waals surface area contributed by atoms with Gasteiger partial charge in [0, 0.05) is 40.8 Å². The summed E-state index contributed by atoms with van der Waals surface area (Å²) < 4.78 is 6.83. The van der Waals surface area contributed by atoms with Gasteiger partial charge in [-0.2, -0.15) is 4.98 Å². The Kier molecular flexibility index (Phi) is 6.20. The quantitative estimate of drug-likeness (QED) is 0.362. The van der Waals surface area contributed by atoms with Crippen molar-refractivity contribution in [1.82, 2.24) is 25.1 Å². The number of aromatic nitrogens is 4. The van der Waals surface area contributed by atoms with Crippen LogP contribution in [0, 0.1) is 13.8 Å². The van der Waals surface area contributed by atoms with E-state index in [2.05, 4.69) is 20.7 Å². The van der Waals surface area contributed by atoms with Gasteiger partial charge >= 0.3 is 5.97 Å². The zero-order valence-corrected chi connectivity index (χ0v) is 21.4. The molecule has 0 saturated heterocycles. The van der Waals surface area contributed by atoms with Gasteiger partial charge in [0.1, 0.15) is 0 Å². The van der Waals surface area contributed by atoms with E-state index in [0.717, 1.165) is 33.6 Å². The molecule has 2 aromatic heterocycles. The SMILES string of the molecule is CCn1nc(-c2ccc(-c3ccc(C)nc3)c(C(=O)OC)c2)nc1Nc1cc2c(cc1C)C(=O)NC2C. The fraction of sp³-hybridized carbons (Fsp3) is 0.250. The number of nitrogens with zero attached hydrogens (tertiary/aromatic N) is 4. The minimum Gasteiger partial charge on any atom is -0.465 e. The molecule has 37 heavy (non-hydrogen) atoms. The second-order valence-electron chi connectivity index (χ2n) is 9.09. The Balaban J connectivity index is 1.52. The van der Waals surface area contributed by atoms with Crippen molar-refractivity contribution < 1.29 is 14.3 Å². The second kappa shape index (κ2) is 9.50. The van der Waals surface area contributed by atoms with Crippen molar-refractivity contribution in [2.75, 3.05) is 12.4 Å². The van der Waals surface area contributed by atoms with Gasteiger partial charge in [-0.1, -0.05) is 18.2 Å². The topological polar surface area (TPSA) is 111 Å². The molecule has 1 aliphatic heterocycles. The predicted octanol–water partition coefficient (Wildman–Crippen LogP) is 4.98. The van der Waals surface area contributed by atoms with Crippen molar-refractivity contribution in [2.45, 2.75) is 40.3 Å². The van der Waals surface area contributed by atoms with Crippen molar-refractivity contribution in [3.05, 3.63) is 76.6 Å². The van der Waals surface area contributed by atoms with E-state index in [-0.39, 0.29) is 11.9 Å². The first kappa shape index (κ1) is 24.2. The molecule has 0 bridgehead atoms. The average molecular weight is 497 g/mol. The molecule has 5 rings (SSSR count). The number of fused-ring (bicyclic) bond motifs is 1. The van der Waals surface area contributed by atoms with Crippen molar-refractivity contribution in [3.63, 3.8) is 0 Å². The number of esters is 1. The zero-order chi connectivity index (χ0) is 26.3. The van der Waals surface area contributed by atoms with E-state index in [4.69, 9.17) is 9.72 Å². The van der Waals surface area contributed by atoms with Crippen LogP contribution in [0.4, 0.5) is 11.6 Å². The number of anilines is 2. The first-order valence-electron chi connectivity index (χ1n) is 12.1. The van der Waals surface area contributed by atoms with Crippen molar-refractivity contribution in [3.8, 4) is 22.5 Å². The number of carbonyl (C=O) groups is 2. The molecule has 0 spiro atoms. The lowest BCUT2D eigenvalue weighted by atomic mass is 9.98. The predicted molar refractivity (Wildman–Crippen MR) is 141 cm³/mol. The summed E-state index contributed by atoms with van der Waals surface area (Å²) in [6.07, 6.45) is 1.74. The lowest BCUT2D eigenvalue weighted by molar-refractivity contribution is 0.0601. The lowest BCUT2D eigenvalue weighted by Crippen LogP contribution is -2.16. The van der Waals surface area contributed by atoms with E-state index in [1.807, 2.05) is 64.1 Å². The summed E-state index contributed by atoms with van der Waals surface area (Å²) in [6.45, 7) is 8.40. The third-order valence-corrected chi connectivity index (χ3v) is 6.58. The molecule has 0 aliphatic carbocycles. The lowest BCUT2D eigenvalue weighted by Gasteiger charge is -2.12. The van der Waals surface area contributed by atoms with Crippen molar-refractivity contribution in [2.24, 2.45) is 0 Å². The number of aryl methyl sites for hydroxylation is 3. The van der Waals surface area contributed by atoms with E-state index in [1.165, 1.54) is 7.11 Å². The van der Waals surface area contributed by atoms with Crippen LogP contribution in [0.15, 0.2) is 48.7 Å². The Morgan fingerprint density at radius 2 is 1.89 bits per heavy atom. The highest BCUT2D eigenvalue weighted by Crippen LogP contribution is 2.33. The van der Waals surface area contributed by atoms with Crippen LogP contribution >= 0.6 is 0 Å². The van der Waals surface area contributed by atoms with Gasteiger partial charge < -0.3 is 15.4 Å². The number of hydrogen-bond acceptors (Lipinski definition) is 7. The minimum atomic E-state index is -0.447. The van der Waals surface area contributed by atoms with Gasteiger partial charge in [0.2, 0.25) is 5.95 Å². The van der Waals surface area contributed by atoms with Crippen LogP contribution in [0.1, 0.15) is 57.4 Å². The molecule has 0 saturated carbocycles. The Hall–Kier alpha value is -4.53. The van der Waals surface area contributed by atoms with Crippen LogP contribution in [0.2, 0.25) is 0 Å². The molecule has 0 radical (unpaired) electrons. The van der Waals surface area contributed by atoms with E-state index >= 15 is 0 Å². The molecule has 9 nitrogen and oxygen atoms in total. The molecule has 1 unspecified atom stereocenters. The molecular formula is C28H28N6O3. The molecule has 2 aromatic carbocycles. The molecule has 3 heterocycles. The normalized spacial score (nSPS) is 14.3. The van der Waals surface area contributed by atoms with Crippen molar-refractivity contribution >= 4 is 23.5 Å². The number of carbonyl (C=O) groups excluding carboxylic acids is 2. The Bertz CT molecular complexity index is 1520. The number of hydrogen-bond donors (Lipinski definition) is 2. The molecule has 0 fully saturated rings. The number of nitrogens with one attached hydrogen (secondary N) is 2. The van der Waals surface area contributed by atoms with Gasteiger partial charge in [0.25, 0.3) is 5.91 Å².